The number of carbonyl (C=O) groups excluding carboxylic acids is 2. The summed E-state index contributed by atoms with van der Waals surface area (Å²) < 4.78 is 35.9. The minimum absolute atomic E-state index is 0.0236. The molecule has 74 valence electrons. The van der Waals surface area contributed by atoms with E-state index >= 15 is 0 Å². The fourth-order valence-corrected chi connectivity index (χ4v) is 1.69. The molecule has 0 aromatic heterocycles. The number of carbonyl (C=O) groups is 2. The first-order chi connectivity index (χ1) is 5.84. The summed E-state index contributed by atoms with van der Waals surface area (Å²) in [6, 6.07) is 0. The molecule has 1 aliphatic rings. The summed E-state index contributed by atoms with van der Waals surface area (Å²) in [5.41, 5.74) is -1.75. The van der Waals surface area contributed by atoms with Crippen LogP contribution in [0.2, 0.25) is 0 Å². The lowest BCUT2D eigenvalue weighted by atomic mass is 9.96. The minimum atomic E-state index is -4.89. The van der Waals surface area contributed by atoms with Crippen LogP contribution < -0.4 is 0 Å². The Morgan fingerprint density at radius 3 is 2.00 bits per heavy atom. The van der Waals surface area contributed by atoms with Crippen molar-refractivity contribution in [2.45, 2.75) is 19.0 Å². The highest BCUT2D eigenvalue weighted by Gasteiger charge is 2.63. The summed E-state index contributed by atoms with van der Waals surface area (Å²) in [6.45, 7) is 0. The Bertz CT molecular complexity index is 255. The average Bonchev–Trinajstić information content (AvgIpc) is 2.80. The highest BCUT2D eigenvalue weighted by Crippen LogP contribution is 2.51. The first kappa shape index (κ1) is 10.7. The van der Waals surface area contributed by atoms with Gasteiger partial charge in [-0.25, -0.2) is 0 Å². The highest BCUT2D eigenvalue weighted by atomic mass is 79.9. The smallest absolute Gasteiger partial charge is 0.298 e. The number of ketones is 2. The molecular weight excluding hydrogens is 253 g/mol. The molecule has 0 spiro atoms. The molecule has 1 fully saturated rings. The third-order valence-corrected chi connectivity index (χ3v) is 2.61. The predicted molar refractivity (Wildman–Crippen MR) is 41.5 cm³/mol. The van der Waals surface area contributed by atoms with E-state index < -0.39 is 23.2 Å². The summed E-state index contributed by atoms with van der Waals surface area (Å²) in [6.07, 6.45) is -4.85. The average molecular weight is 259 g/mol. The zero-order valence-electron chi connectivity index (χ0n) is 6.45. The molecule has 0 N–H and O–H groups in total. The van der Waals surface area contributed by atoms with Gasteiger partial charge in [0.05, 0.1) is 10.7 Å². The summed E-state index contributed by atoms with van der Waals surface area (Å²) >= 11 is 2.76. The maximum atomic E-state index is 12.0. The lowest BCUT2D eigenvalue weighted by Crippen LogP contribution is -2.37. The quantitative estimate of drug-likeness (QED) is 0.572. The summed E-state index contributed by atoms with van der Waals surface area (Å²) in [4.78, 5) is 21.8. The molecule has 0 atom stereocenters. The van der Waals surface area contributed by atoms with E-state index in [1.165, 1.54) is 0 Å². The molecule has 0 unspecified atom stereocenters. The second kappa shape index (κ2) is 3.08. The van der Waals surface area contributed by atoms with Crippen molar-refractivity contribution in [1.29, 1.82) is 0 Å². The number of Topliss-reactive ketones (excluding diaryl/α,β-unsaturated/α-hetero) is 2. The van der Waals surface area contributed by atoms with Crippen LogP contribution in [0.5, 0.6) is 0 Å². The monoisotopic (exact) mass is 258 g/mol. The molecule has 0 aromatic carbocycles. The lowest BCUT2D eigenvalue weighted by Gasteiger charge is -2.12. The van der Waals surface area contributed by atoms with Crippen LogP contribution in [0.3, 0.4) is 0 Å². The van der Waals surface area contributed by atoms with Crippen molar-refractivity contribution in [2.75, 3.05) is 5.33 Å². The van der Waals surface area contributed by atoms with E-state index in [0.29, 0.717) is 0 Å². The van der Waals surface area contributed by atoms with Crippen molar-refractivity contribution in [3.05, 3.63) is 0 Å². The Kier molecular flexibility index (Phi) is 2.53. The van der Waals surface area contributed by atoms with Gasteiger partial charge < -0.3 is 0 Å². The van der Waals surface area contributed by atoms with Gasteiger partial charge in [-0.15, -0.1) is 0 Å². The summed E-state index contributed by atoms with van der Waals surface area (Å²) in [5, 5.41) is -0.200. The van der Waals surface area contributed by atoms with E-state index in [0.717, 1.165) is 0 Å². The van der Waals surface area contributed by atoms with Crippen LogP contribution >= 0.6 is 15.9 Å². The number of halogens is 4. The van der Waals surface area contributed by atoms with Gasteiger partial charge in [-0.2, -0.15) is 13.2 Å². The number of rotatable bonds is 3. The normalized spacial score (nSPS) is 19.7. The van der Waals surface area contributed by atoms with Crippen molar-refractivity contribution in [3.8, 4) is 0 Å². The van der Waals surface area contributed by atoms with Gasteiger partial charge in [0.15, 0.2) is 5.78 Å². The molecule has 1 saturated carbocycles. The first-order valence-corrected chi connectivity index (χ1v) is 4.67. The Hall–Kier alpha value is -0.390. The SMILES string of the molecule is O=C(CBr)C1(C(=O)C(F)(F)F)CC1. The Morgan fingerprint density at radius 1 is 1.31 bits per heavy atom. The van der Waals surface area contributed by atoms with Crippen LogP contribution in [0.25, 0.3) is 0 Å². The molecule has 0 heterocycles. The van der Waals surface area contributed by atoms with Crippen molar-refractivity contribution < 1.29 is 22.8 Å². The van der Waals surface area contributed by atoms with Gasteiger partial charge in [0, 0.05) is 0 Å². The van der Waals surface area contributed by atoms with E-state index in [2.05, 4.69) is 15.9 Å². The van der Waals surface area contributed by atoms with Gasteiger partial charge in [-0.1, -0.05) is 15.9 Å². The van der Waals surface area contributed by atoms with Crippen LogP contribution in [0.1, 0.15) is 12.8 Å². The van der Waals surface area contributed by atoms with Crippen LogP contribution in [-0.2, 0) is 9.59 Å². The largest absolute Gasteiger partial charge is 0.451 e. The van der Waals surface area contributed by atoms with Crippen LogP contribution in [0, 0.1) is 5.41 Å². The van der Waals surface area contributed by atoms with Gasteiger partial charge in [-0.3, -0.25) is 9.59 Å². The molecule has 2 nitrogen and oxygen atoms in total. The molecule has 0 aliphatic heterocycles. The van der Waals surface area contributed by atoms with E-state index in [4.69, 9.17) is 0 Å². The van der Waals surface area contributed by atoms with Gasteiger partial charge in [-0.05, 0) is 12.8 Å². The van der Waals surface area contributed by atoms with Crippen LogP contribution in [-0.4, -0.2) is 23.1 Å². The molecule has 0 radical (unpaired) electrons. The molecule has 0 saturated heterocycles. The second-order valence-corrected chi connectivity index (χ2v) is 3.53. The molecule has 1 aliphatic carbocycles. The van der Waals surface area contributed by atoms with Gasteiger partial charge in [0.2, 0.25) is 5.78 Å². The van der Waals surface area contributed by atoms with E-state index in [9.17, 15) is 22.8 Å². The van der Waals surface area contributed by atoms with Gasteiger partial charge in [0.1, 0.15) is 0 Å². The fraction of sp³-hybridized carbons (Fsp3) is 0.714. The third-order valence-electron chi connectivity index (χ3n) is 2.10. The van der Waals surface area contributed by atoms with Crippen LogP contribution in [0.15, 0.2) is 0 Å². The minimum Gasteiger partial charge on any atom is -0.298 e. The predicted octanol–water partition coefficient (Wildman–Crippen LogP) is 1.86. The highest BCUT2D eigenvalue weighted by molar-refractivity contribution is 9.09. The molecule has 13 heavy (non-hydrogen) atoms. The number of hydrogen-bond acceptors (Lipinski definition) is 2. The second-order valence-electron chi connectivity index (χ2n) is 2.97. The van der Waals surface area contributed by atoms with E-state index in [1.807, 2.05) is 0 Å². The van der Waals surface area contributed by atoms with E-state index in [1.54, 1.807) is 0 Å². The fourth-order valence-electron chi connectivity index (χ4n) is 1.16. The van der Waals surface area contributed by atoms with Crippen molar-refractivity contribution in [1.82, 2.24) is 0 Å². The third kappa shape index (κ3) is 1.77. The summed E-state index contributed by atoms with van der Waals surface area (Å²) in [5.74, 6) is -2.57. The number of alkyl halides is 4. The Balaban J connectivity index is 2.83. The zero-order chi connectivity index (χ0) is 10.3. The van der Waals surface area contributed by atoms with Crippen LogP contribution in [0.4, 0.5) is 13.2 Å². The zero-order valence-corrected chi connectivity index (χ0v) is 8.04. The van der Waals surface area contributed by atoms with Crippen molar-refractivity contribution in [3.63, 3.8) is 0 Å². The summed E-state index contributed by atoms with van der Waals surface area (Å²) in [7, 11) is 0. The Labute approximate surface area is 80.6 Å². The van der Waals surface area contributed by atoms with E-state index in [-0.39, 0.29) is 18.2 Å². The molecule has 0 amide bonds. The maximum Gasteiger partial charge on any atom is 0.451 e. The Morgan fingerprint density at radius 2 is 1.77 bits per heavy atom. The molecule has 6 heteroatoms. The lowest BCUT2D eigenvalue weighted by molar-refractivity contribution is -0.178. The maximum absolute atomic E-state index is 12.0. The first-order valence-electron chi connectivity index (χ1n) is 3.55. The number of hydrogen-bond donors (Lipinski definition) is 0. The van der Waals surface area contributed by atoms with Crippen molar-refractivity contribution >= 4 is 27.5 Å². The topological polar surface area (TPSA) is 34.1 Å². The van der Waals surface area contributed by atoms with Crippen molar-refractivity contribution in [2.24, 2.45) is 5.41 Å². The van der Waals surface area contributed by atoms with Gasteiger partial charge in [0.25, 0.3) is 0 Å². The molecule has 1 rings (SSSR count). The van der Waals surface area contributed by atoms with Gasteiger partial charge >= 0.3 is 6.18 Å². The molecular formula is C7H6BrF3O2. The standard InChI is InChI=1S/C7H6BrF3O2/c8-3-4(12)6(1-2-6)5(13)7(9,10)11/h1-3H2. The molecule has 0 aromatic rings. The molecule has 0 bridgehead atoms.